The second kappa shape index (κ2) is 5.49. The number of aliphatic carboxylic acids is 1. The molecule has 0 fully saturated rings. The summed E-state index contributed by atoms with van der Waals surface area (Å²) >= 11 is 5.16. The van der Waals surface area contributed by atoms with E-state index in [0.717, 1.165) is 0 Å². The average Bonchev–Trinajstić information content (AvgIpc) is 2.42. The molecule has 1 aromatic rings. The fourth-order valence-corrected chi connectivity index (χ4v) is 2.57. The van der Waals surface area contributed by atoms with E-state index in [0.29, 0.717) is 16.4 Å². The summed E-state index contributed by atoms with van der Waals surface area (Å²) in [6, 6.07) is 5.24. The Morgan fingerprint density at radius 3 is 2.76 bits per heavy atom. The van der Waals surface area contributed by atoms with Gasteiger partial charge in [0.05, 0.1) is 16.5 Å². The number of carbonyl (C=O) groups is 1. The number of carboxylic acids is 1. The van der Waals surface area contributed by atoms with Gasteiger partial charge in [0.2, 0.25) is 0 Å². The first-order chi connectivity index (χ1) is 9.82. The lowest BCUT2D eigenvalue weighted by Crippen LogP contribution is -2.46. The summed E-state index contributed by atoms with van der Waals surface area (Å²) in [5, 5.41) is 23.5. The van der Waals surface area contributed by atoms with Crippen LogP contribution in [0.15, 0.2) is 35.5 Å². The number of benzene rings is 1. The quantitative estimate of drug-likeness (QED) is 0.499. The molecule has 0 aliphatic carbocycles. The minimum atomic E-state index is -1.09. The van der Waals surface area contributed by atoms with Gasteiger partial charge in [-0.15, -0.1) is 0 Å². The van der Waals surface area contributed by atoms with Gasteiger partial charge in [0.25, 0.3) is 5.69 Å². The summed E-state index contributed by atoms with van der Waals surface area (Å²) < 4.78 is 0. The molecular formula is C13H13N3O4S. The number of nitro benzene ring substituents is 1. The molecule has 1 unspecified atom stereocenters. The smallest absolute Gasteiger partial charge is 0.335 e. The zero-order chi connectivity index (χ0) is 15.7. The van der Waals surface area contributed by atoms with E-state index in [-0.39, 0.29) is 11.3 Å². The molecule has 21 heavy (non-hydrogen) atoms. The van der Waals surface area contributed by atoms with Crippen LogP contribution in [0, 0.1) is 10.1 Å². The lowest BCUT2D eigenvalue weighted by atomic mass is 9.94. The van der Waals surface area contributed by atoms with Crippen LogP contribution in [0.3, 0.4) is 0 Å². The summed E-state index contributed by atoms with van der Waals surface area (Å²) in [7, 11) is 1.65. The predicted molar refractivity (Wildman–Crippen MR) is 79.7 cm³/mol. The summed E-state index contributed by atoms with van der Waals surface area (Å²) in [5.74, 6) is -1.09. The molecule has 0 amide bonds. The second-order valence-corrected chi connectivity index (χ2v) is 5.03. The van der Waals surface area contributed by atoms with Crippen molar-refractivity contribution in [2.24, 2.45) is 0 Å². The number of nitrogens with zero attached hydrogens (tertiary/aromatic N) is 2. The Kier molecular flexibility index (Phi) is 3.90. The molecule has 1 heterocycles. The van der Waals surface area contributed by atoms with Crippen LogP contribution < -0.4 is 5.32 Å². The highest BCUT2D eigenvalue weighted by atomic mass is 32.1. The molecule has 8 heteroatoms. The van der Waals surface area contributed by atoms with Crippen molar-refractivity contribution in [2.45, 2.75) is 13.0 Å². The third-order valence-corrected chi connectivity index (χ3v) is 3.70. The van der Waals surface area contributed by atoms with Crippen LogP contribution in [-0.2, 0) is 4.79 Å². The van der Waals surface area contributed by atoms with Crippen LogP contribution in [0.2, 0.25) is 0 Å². The monoisotopic (exact) mass is 307 g/mol. The van der Waals surface area contributed by atoms with Gasteiger partial charge in [-0.3, -0.25) is 10.1 Å². The molecule has 2 rings (SSSR count). The van der Waals surface area contributed by atoms with E-state index in [1.807, 2.05) is 0 Å². The van der Waals surface area contributed by atoms with Crippen molar-refractivity contribution in [3.63, 3.8) is 0 Å². The van der Waals surface area contributed by atoms with E-state index in [1.165, 1.54) is 18.2 Å². The van der Waals surface area contributed by atoms with Crippen LogP contribution in [0.5, 0.6) is 0 Å². The highest BCUT2D eigenvalue weighted by molar-refractivity contribution is 7.80. The van der Waals surface area contributed by atoms with Crippen molar-refractivity contribution >= 4 is 29.0 Å². The van der Waals surface area contributed by atoms with Gasteiger partial charge in [-0.05, 0) is 24.7 Å². The Hall–Kier alpha value is -2.48. The molecular weight excluding hydrogens is 294 g/mol. The van der Waals surface area contributed by atoms with E-state index >= 15 is 0 Å². The number of nitro groups is 1. The molecule has 0 saturated heterocycles. The van der Waals surface area contributed by atoms with Crippen LogP contribution in [0.4, 0.5) is 5.69 Å². The Bertz CT molecular complexity index is 671. The average molecular weight is 307 g/mol. The van der Waals surface area contributed by atoms with Crippen molar-refractivity contribution < 1.29 is 14.8 Å². The molecule has 110 valence electrons. The van der Waals surface area contributed by atoms with Crippen LogP contribution in [0.1, 0.15) is 18.5 Å². The van der Waals surface area contributed by atoms with Crippen LogP contribution in [-0.4, -0.2) is 33.1 Å². The maximum Gasteiger partial charge on any atom is 0.335 e. The lowest BCUT2D eigenvalue weighted by Gasteiger charge is -2.36. The van der Waals surface area contributed by atoms with Crippen molar-refractivity contribution in [3.05, 3.63) is 51.2 Å². The molecule has 0 bridgehead atoms. The summed E-state index contributed by atoms with van der Waals surface area (Å²) in [6.45, 7) is 1.62. The molecule has 1 atom stereocenters. The number of nitrogens with one attached hydrogen (secondary N) is 1. The number of non-ortho nitro benzene ring substituents is 1. The van der Waals surface area contributed by atoms with Gasteiger partial charge < -0.3 is 15.3 Å². The van der Waals surface area contributed by atoms with Crippen molar-refractivity contribution in [1.29, 1.82) is 0 Å². The van der Waals surface area contributed by atoms with Crippen molar-refractivity contribution in [3.8, 4) is 0 Å². The molecule has 1 aromatic carbocycles. The fraction of sp³-hybridized carbons (Fsp3) is 0.231. The van der Waals surface area contributed by atoms with E-state index in [2.05, 4.69) is 5.32 Å². The number of carboxylic acid groups (broad SMARTS) is 1. The van der Waals surface area contributed by atoms with Crippen LogP contribution >= 0.6 is 12.2 Å². The first-order valence-corrected chi connectivity index (χ1v) is 6.46. The van der Waals surface area contributed by atoms with E-state index < -0.39 is 16.9 Å². The summed E-state index contributed by atoms with van der Waals surface area (Å²) in [6.07, 6.45) is 0. The number of likely N-dealkylation sites (N-methyl/N-ethyl adjacent to an activating group) is 1. The molecule has 0 spiro atoms. The third kappa shape index (κ3) is 2.70. The van der Waals surface area contributed by atoms with Gasteiger partial charge in [0, 0.05) is 24.9 Å². The topological polar surface area (TPSA) is 95.7 Å². The minimum absolute atomic E-state index is 0.0901. The minimum Gasteiger partial charge on any atom is -0.478 e. The van der Waals surface area contributed by atoms with Gasteiger partial charge in [0.1, 0.15) is 0 Å². The Morgan fingerprint density at radius 2 is 2.19 bits per heavy atom. The Morgan fingerprint density at radius 1 is 1.52 bits per heavy atom. The largest absolute Gasteiger partial charge is 0.478 e. The maximum absolute atomic E-state index is 11.5. The summed E-state index contributed by atoms with van der Waals surface area (Å²) in [5.41, 5.74) is 0.966. The molecule has 1 aliphatic heterocycles. The first-order valence-electron chi connectivity index (χ1n) is 6.05. The highest BCUT2D eigenvalue weighted by Gasteiger charge is 2.34. The standard InChI is InChI=1S/C13H13N3O4S/c1-7-10(12(17)18)11(15(2)13(21)14-7)8-4-3-5-9(6-8)16(19)20/h3-6,11H,1-2H3,(H,14,21)(H,17,18). The number of hydrogen-bond donors (Lipinski definition) is 2. The first kappa shape index (κ1) is 14.9. The predicted octanol–water partition coefficient (Wildman–Crippen LogP) is 1.81. The highest BCUT2D eigenvalue weighted by Crippen LogP contribution is 2.33. The van der Waals surface area contributed by atoms with Gasteiger partial charge in [0.15, 0.2) is 5.11 Å². The fourth-order valence-electron chi connectivity index (χ4n) is 2.31. The maximum atomic E-state index is 11.5. The molecule has 1 aliphatic rings. The van der Waals surface area contributed by atoms with Gasteiger partial charge in [-0.1, -0.05) is 12.1 Å². The van der Waals surface area contributed by atoms with Crippen molar-refractivity contribution in [2.75, 3.05) is 7.05 Å². The number of thiocarbonyl (C=S) groups is 1. The molecule has 2 N–H and O–H groups in total. The SMILES string of the molecule is CC1=C(C(=O)O)C(c2cccc([N+](=O)[O-])c2)N(C)C(=S)N1. The normalized spacial score (nSPS) is 18.5. The summed E-state index contributed by atoms with van der Waals surface area (Å²) in [4.78, 5) is 23.5. The van der Waals surface area contributed by atoms with E-state index in [9.17, 15) is 20.0 Å². The van der Waals surface area contributed by atoms with Gasteiger partial charge in [-0.2, -0.15) is 0 Å². The Labute approximate surface area is 126 Å². The lowest BCUT2D eigenvalue weighted by molar-refractivity contribution is -0.384. The zero-order valence-electron chi connectivity index (χ0n) is 11.4. The number of hydrogen-bond acceptors (Lipinski definition) is 4. The van der Waals surface area contributed by atoms with Crippen LogP contribution in [0.25, 0.3) is 0 Å². The van der Waals surface area contributed by atoms with E-state index in [4.69, 9.17) is 12.2 Å². The molecule has 0 saturated carbocycles. The van der Waals surface area contributed by atoms with E-state index in [1.54, 1.807) is 24.9 Å². The molecule has 7 nitrogen and oxygen atoms in total. The molecule has 0 radical (unpaired) electrons. The number of allylic oxidation sites excluding steroid dienone is 1. The molecule has 0 aromatic heterocycles. The third-order valence-electron chi connectivity index (χ3n) is 3.31. The second-order valence-electron chi connectivity index (χ2n) is 4.64. The number of rotatable bonds is 3. The Balaban J connectivity index is 2.60. The van der Waals surface area contributed by atoms with Gasteiger partial charge >= 0.3 is 5.97 Å². The van der Waals surface area contributed by atoms with Gasteiger partial charge in [-0.25, -0.2) is 4.79 Å². The zero-order valence-corrected chi connectivity index (χ0v) is 12.2. The van der Waals surface area contributed by atoms with Crippen molar-refractivity contribution in [1.82, 2.24) is 10.2 Å².